The van der Waals surface area contributed by atoms with E-state index in [1.165, 1.54) is 0 Å². The Labute approximate surface area is 134 Å². The topological polar surface area (TPSA) is 76.4 Å². The minimum atomic E-state index is -0.251. The smallest absolute Gasteiger partial charge is 0.307 e. The normalized spacial score (nSPS) is 25.5. The summed E-state index contributed by atoms with van der Waals surface area (Å²) in [7, 11) is 1.61. The van der Waals surface area contributed by atoms with Crippen molar-refractivity contribution >= 4 is 5.91 Å². The highest BCUT2D eigenvalue weighted by atomic mass is 16.5. The minimum absolute atomic E-state index is 0.102. The number of hydrogen-bond acceptors (Lipinski definition) is 5. The lowest BCUT2D eigenvalue weighted by atomic mass is 10.1. The van der Waals surface area contributed by atoms with E-state index >= 15 is 0 Å². The van der Waals surface area contributed by atoms with Crippen LogP contribution in [0.4, 0.5) is 0 Å². The van der Waals surface area contributed by atoms with E-state index in [4.69, 9.17) is 9.15 Å². The Morgan fingerprint density at radius 3 is 3.09 bits per heavy atom. The quantitative estimate of drug-likeness (QED) is 0.900. The van der Waals surface area contributed by atoms with Crippen molar-refractivity contribution in [1.29, 1.82) is 0 Å². The molecule has 2 bridgehead atoms. The monoisotopic (exact) mass is 313 g/mol. The number of piperidine rings is 1. The molecule has 1 aromatic carbocycles. The molecule has 2 fully saturated rings. The number of aromatic nitrogens is 1. The number of methoxy groups -OCH3 is 1. The number of nitrogens with one attached hydrogen (secondary N) is 2. The Kier molecular flexibility index (Phi) is 3.53. The summed E-state index contributed by atoms with van der Waals surface area (Å²) in [6.45, 7) is 1.07. The van der Waals surface area contributed by atoms with Crippen LogP contribution in [0.25, 0.3) is 11.3 Å². The Bertz CT molecular complexity index is 727. The Hall–Kier alpha value is -2.34. The molecule has 23 heavy (non-hydrogen) atoms. The van der Waals surface area contributed by atoms with Crippen LogP contribution in [0.15, 0.2) is 34.9 Å². The maximum absolute atomic E-state index is 12.3. The summed E-state index contributed by atoms with van der Waals surface area (Å²) in [6.07, 6.45) is 3.75. The summed E-state index contributed by atoms with van der Waals surface area (Å²) in [6, 6.07) is 8.03. The van der Waals surface area contributed by atoms with E-state index in [1.54, 1.807) is 13.3 Å². The number of hydrogen-bond donors (Lipinski definition) is 2. The first-order chi connectivity index (χ1) is 11.2. The predicted octanol–water partition coefficient (Wildman–Crippen LogP) is 1.83. The summed E-state index contributed by atoms with van der Waals surface area (Å²) in [5.41, 5.74) is 0.831. The van der Waals surface area contributed by atoms with Gasteiger partial charge in [0.25, 0.3) is 5.89 Å². The van der Waals surface area contributed by atoms with E-state index in [9.17, 15) is 4.79 Å². The summed E-state index contributed by atoms with van der Waals surface area (Å²) in [5.74, 6) is 1.82. The van der Waals surface area contributed by atoms with Crippen LogP contribution in [0.5, 0.6) is 5.75 Å². The molecule has 1 aliphatic carbocycles. The van der Waals surface area contributed by atoms with E-state index in [1.807, 2.05) is 24.3 Å². The molecular weight excluding hydrogens is 294 g/mol. The highest BCUT2D eigenvalue weighted by Gasteiger charge is 2.40. The molecule has 1 aromatic heterocycles. The molecule has 2 aliphatic rings. The highest BCUT2D eigenvalue weighted by molar-refractivity contribution is 5.90. The molecule has 2 heterocycles. The molecule has 1 saturated heterocycles. The van der Waals surface area contributed by atoms with Gasteiger partial charge >= 0.3 is 5.91 Å². The Morgan fingerprint density at radius 1 is 1.43 bits per heavy atom. The number of benzene rings is 1. The van der Waals surface area contributed by atoms with Crippen LogP contribution in [-0.4, -0.2) is 36.6 Å². The molecule has 0 radical (unpaired) electrons. The van der Waals surface area contributed by atoms with Gasteiger partial charge in [0.1, 0.15) is 5.75 Å². The number of amides is 1. The van der Waals surface area contributed by atoms with E-state index in [0.717, 1.165) is 30.7 Å². The number of nitrogens with zero attached hydrogens (tertiary/aromatic N) is 1. The fourth-order valence-electron chi connectivity index (χ4n) is 3.53. The standard InChI is InChI=1S/C17H19N3O3/c1-22-12-4-2-3-11(7-12)15-9-19-17(23-15)16(21)20-14-6-10-5-13(14)18-8-10/h2-4,7,9-10,13-14,18H,5-6,8H2,1H3,(H,20,21). The number of carbonyl (C=O) groups excluding carboxylic acids is 1. The van der Waals surface area contributed by atoms with Crippen molar-refractivity contribution in [3.63, 3.8) is 0 Å². The first kappa shape index (κ1) is 14.3. The van der Waals surface area contributed by atoms with Crippen LogP contribution in [0, 0.1) is 5.92 Å². The van der Waals surface area contributed by atoms with Crippen molar-refractivity contribution in [1.82, 2.24) is 15.6 Å². The molecule has 120 valence electrons. The number of fused-ring (bicyclic) bond motifs is 2. The lowest BCUT2D eigenvalue weighted by molar-refractivity contribution is 0.0894. The van der Waals surface area contributed by atoms with Gasteiger partial charge in [0.15, 0.2) is 5.76 Å². The van der Waals surface area contributed by atoms with Crippen molar-refractivity contribution in [3.05, 3.63) is 36.4 Å². The minimum Gasteiger partial charge on any atom is -0.497 e. The van der Waals surface area contributed by atoms with Crippen LogP contribution >= 0.6 is 0 Å². The molecule has 1 amide bonds. The van der Waals surface area contributed by atoms with Gasteiger partial charge in [0.2, 0.25) is 0 Å². The van der Waals surface area contributed by atoms with Gasteiger partial charge < -0.3 is 19.8 Å². The summed E-state index contributed by atoms with van der Waals surface area (Å²) in [5, 5.41) is 6.46. The van der Waals surface area contributed by atoms with Gasteiger partial charge in [-0.3, -0.25) is 4.79 Å². The molecule has 1 saturated carbocycles. The average molecular weight is 313 g/mol. The third-order valence-electron chi connectivity index (χ3n) is 4.70. The van der Waals surface area contributed by atoms with Crippen molar-refractivity contribution in [3.8, 4) is 17.1 Å². The van der Waals surface area contributed by atoms with Gasteiger partial charge in [-0.1, -0.05) is 12.1 Å². The van der Waals surface area contributed by atoms with Crippen molar-refractivity contribution in [2.24, 2.45) is 5.92 Å². The van der Waals surface area contributed by atoms with Gasteiger partial charge in [-0.2, -0.15) is 0 Å². The van der Waals surface area contributed by atoms with Gasteiger partial charge in [-0.05, 0) is 37.4 Å². The zero-order valence-corrected chi connectivity index (χ0v) is 12.9. The Morgan fingerprint density at radius 2 is 2.35 bits per heavy atom. The predicted molar refractivity (Wildman–Crippen MR) is 84.3 cm³/mol. The summed E-state index contributed by atoms with van der Waals surface area (Å²) in [4.78, 5) is 16.4. The van der Waals surface area contributed by atoms with E-state index < -0.39 is 0 Å². The summed E-state index contributed by atoms with van der Waals surface area (Å²) >= 11 is 0. The molecule has 6 heteroatoms. The second-order valence-corrected chi connectivity index (χ2v) is 6.19. The number of rotatable bonds is 4. The Balaban J connectivity index is 1.47. The molecule has 2 aromatic rings. The van der Waals surface area contributed by atoms with E-state index in [0.29, 0.717) is 17.7 Å². The maximum Gasteiger partial charge on any atom is 0.307 e. The fraction of sp³-hybridized carbons (Fsp3) is 0.412. The van der Waals surface area contributed by atoms with Crippen LogP contribution in [0.2, 0.25) is 0 Å². The van der Waals surface area contributed by atoms with Crippen LogP contribution in [-0.2, 0) is 0 Å². The molecule has 2 N–H and O–H groups in total. The molecule has 0 spiro atoms. The average Bonchev–Trinajstić information content (AvgIpc) is 3.31. The molecule has 3 unspecified atom stereocenters. The van der Waals surface area contributed by atoms with Gasteiger partial charge in [0, 0.05) is 17.6 Å². The number of ether oxygens (including phenoxy) is 1. The van der Waals surface area contributed by atoms with Crippen molar-refractivity contribution in [2.75, 3.05) is 13.7 Å². The van der Waals surface area contributed by atoms with Crippen LogP contribution in [0.1, 0.15) is 23.5 Å². The van der Waals surface area contributed by atoms with E-state index in [2.05, 4.69) is 15.6 Å². The van der Waals surface area contributed by atoms with Gasteiger partial charge in [-0.25, -0.2) is 4.98 Å². The zero-order chi connectivity index (χ0) is 15.8. The highest BCUT2D eigenvalue weighted by Crippen LogP contribution is 2.31. The first-order valence-corrected chi connectivity index (χ1v) is 7.87. The summed E-state index contributed by atoms with van der Waals surface area (Å²) < 4.78 is 10.8. The molecule has 6 nitrogen and oxygen atoms in total. The number of oxazole rings is 1. The second kappa shape index (κ2) is 5.70. The molecule has 1 aliphatic heterocycles. The second-order valence-electron chi connectivity index (χ2n) is 6.19. The third-order valence-corrected chi connectivity index (χ3v) is 4.70. The van der Waals surface area contributed by atoms with Crippen LogP contribution in [0.3, 0.4) is 0 Å². The third kappa shape index (κ3) is 2.70. The molecule has 4 rings (SSSR count). The van der Waals surface area contributed by atoms with Crippen LogP contribution < -0.4 is 15.4 Å². The first-order valence-electron chi connectivity index (χ1n) is 7.87. The van der Waals surface area contributed by atoms with Crippen molar-refractivity contribution < 1.29 is 13.9 Å². The lowest BCUT2D eigenvalue weighted by Gasteiger charge is -2.23. The maximum atomic E-state index is 12.3. The largest absolute Gasteiger partial charge is 0.497 e. The van der Waals surface area contributed by atoms with E-state index in [-0.39, 0.29) is 17.8 Å². The SMILES string of the molecule is COc1cccc(-c2cnc(C(=O)NC3CC4CNC3C4)o2)c1. The number of carbonyl (C=O) groups is 1. The zero-order valence-electron chi connectivity index (χ0n) is 12.9. The molecular formula is C17H19N3O3. The van der Waals surface area contributed by atoms with Gasteiger partial charge in [-0.15, -0.1) is 0 Å². The fourth-order valence-corrected chi connectivity index (χ4v) is 3.53. The molecule has 3 atom stereocenters. The lowest BCUT2D eigenvalue weighted by Crippen LogP contribution is -2.48. The van der Waals surface area contributed by atoms with Crippen molar-refractivity contribution in [2.45, 2.75) is 24.9 Å². The van der Waals surface area contributed by atoms with Gasteiger partial charge in [0.05, 0.1) is 13.3 Å².